The highest BCUT2D eigenvalue weighted by Gasteiger charge is 2.31. The van der Waals surface area contributed by atoms with Crippen molar-refractivity contribution in [2.24, 2.45) is 5.92 Å². The summed E-state index contributed by atoms with van der Waals surface area (Å²) >= 11 is 0. The molecule has 3 fully saturated rings. The molecule has 4 atom stereocenters. The van der Waals surface area contributed by atoms with Crippen LogP contribution in [-0.2, 0) is 4.74 Å². The van der Waals surface area contributed by atoms with E-state index >= 15 is 0 Å². The Kier molecular flexibility index (Phi) is 5.14. The lowest BCUT2D eigenvalue weighted by Gasteiger charge is -2.40. The zero-order valence-corrected chi connectivity index (χ0v) is 12.2. The van der Waals surface area contributed by atoms with Crippen LogP contribution in [0.25, 0.3) is 0 Å². The summed E-state index contributed by atoms with van der Waals surface area (Å²) in [7, 11) is 0. The van der Waals surface area contributed by atoms with E-state index in [-0.39, 0.29) is 0 Å². The van der Waals surface area contributed by atoms with Crippen molar-refractivity contribution in [3.63, 3.8) is 0 Å². The average molecular weight is 266 g/mol. The fraction of sp³-hybridized carbons (Fsp3) is 1.00. The molecule has 1 saturated carbocycles. The van der Waals surface area contributed by atoms with Crippen molar-refractivity contribution >= 4 is 0 Å². The first-order valence-electron chi connectivity index (χ1n) is 8.50. The standard InChI is InChI=1S/C16H30N2O/c1-2-6-16-13(4-1)7-8-14(18-16)12-17-10-9-15-5-3-11-19-15/h13-18H,1-12H2. The van der Waals surface area contributed by atoms with E-state index in [0.29, 0.717) is 12.1 Å². The molecule has 0 aromatic rings. The van der Waals surface area contributed by atoms with Gasteiger partial charge in [-0.2, -0.15) is 0 Å². The van der Waals surface area contributed by atoms with Crippen LogP contribution in [0.4, 0.5) is 0 Å². The van der Waals surface area contributed by atoms with Crippen LogP contribution in [0.1, 0.15) is 57.8 Å². The predicted molar refractivity (Wildman–Crippen MR) is 78.4 cm³/mol. The Morgan fingerprint density at radius 2 is 1.95 bits per heavy atom. The first-order chi connectivity index (χ1) is 9.42. The Balaban J connectivity index is 1.30. The number of ether oxygens (including phenoxy) is 1. The maximum atomic E-state index is 5.66. The largest absolute Gasteiger partial charge is 0.378 e. The number of hydrogen-bond donors (Lipinski definition) is 2. The fourth-order valence-corrected chi connectivity index (χ4v) is 4.15. The van der Waals surface area contributed by atoms with E-state index in [1.165, 1.54) is 57.8 Å². The lowest BCUT2D eigenvalue weighted by Crippen LogP contribution is -2.52. The minimum absolute atomic E-state index is 0.537. The molecule has 0 aromatic heterocycles. The molecule has 0 bridgehead atoms. The molecule has 4 unspecified atom stereocenters. The highest BCUT2D eigenvalue weighted by atomic mass is 16.5. The number of hydrogen-bond acceptors (Lipinski definition) is 3. The van der Waals surface area contributed by atoms with Crippen LogP contribution in [-0.4, -0.2) is 37.9 Å². The Labute approximate surface area is 117 Å². The summed E-state index contributed by atoms with van der Waals surface area (Å²) < 4.78 is 5.66. The van der Waals surface area contributed by atoms with Gasteiger partial charge in [-0.15, -0.1) is 0 Å². The van der Waals surface area contributed by atoms with Gasteiger partial charge in [0.15, 0.2) is 0 Å². The van der Waals surface area contributed by atoms with E-state index < -0.39 is 0 Å². The highest BCUT2D eigenvalue weighted by molar-refractivity contribution is 4.90. The van der Waals surface area contributed by atoms with Gasteiger partial charge in [-0.25, -0.2) is 0 Å². The second kappa shape index (κ2) is 7.05. The van der Waals surface area contributed by atoms with Crippen molar-refractivity contribution in [1.29, 1.82) is 0 Å². The molecule has 110 valence electrons. The van der Waals surface area contributed by atoms with E-state index in [0.717, 1.165) is 31.7 Å². The summed E-state index contributed by atoms with van der Waals surface area (Å²) in [5.41, 5.74) is 0. The summed E-state index contributed by atoms with van der Waals surface area (Å²) in [4.78, 5) is 0. The molecule has 19 heavy (non-hydrogen) atoms. The van der Waals surface area contributed by atoms with Crippen molar-refractivity contribution < 1.29 is 4.74 Å². The van der Waals surface area contributed by atoms with Gasteiger partial charge in [-0.1, -0.05) is 12.8 Å². The molecular formula is C16H30N2O. The summed E-state index contributed by atoms with van der Waals surface area (Å²) in [6.07, 6.45) is 12.9. The molecule has 2 heterocycles. The van der Waals surface area contributed by atoms with Gasteiger partial charge in [-0.05, 0) is 57.4 Å². The van der Waals surface area contributed by atoms with Crippen LogP contribution in [0.5, 0.6) is 0 Å². The van der Waals surface area contributed by atoms with Gasteiger partial charge in [-0.3, -0.25) is 0 Å². The van der Waals surface area contributed by atoms with Gasteiger partial charge in [0, 0.05) is 25.2 Å². The lowest BCUT2D eigenvalue weighted by molar-refractivity contribution is 0.103. The molecule has 0 spiro atoms. The van der Waals surface area contributed by atoms with Gasteiger partial charge < -0.3 is 15.4 Å². The lowest BCUT2D eigenvalue weighted by atomic mass is 9.78. The Morgan fingerprint density at radius 1 is 1.00 bits per heavy atom. The molecule has 1 aliphatic carbocycles. The number of fused-ring (bicyclic) bond motifs is 1. The third-order valence-electron chi connectivity index (χ3n) is 5.30. The summed E-state index contributed by atoms with van der Waals surface area (Å²) in [6, 6.07) is 1.54. The second-order valence-electron chi connectivity index (χ2n) is 6.72. The van der Waals surface area contributed by atoms with Crippen molar-refractivity contribution in [3.8, 4) is 0 Å². The minimum atomic E-state index is 0.537. The number of piperidine rings is 1. The topological polar surface area (TPSA) is 33.3 Å². The SMILES string of the molecule is C1COC(CCNCC2CCC3CCCCC3N2)C1. The molecule has 0 aromatic carbocycles. The van der Waals surface area contributed by atoms with Crippen molar-refractivity contribution in [3.05, 3.63) is 0 Å². The number of rotatable bonds is 5. The zero-order chi connectivity index (χ0) is 12.9. The molecule has 0 radical (unpaired) electrons. The summed E-state index contributed by atoms with van der Waals surface area (Å²) in [5.74, 6) is 0.983. The van der Waals surface area contributed by atoms with E-state index in [1.807, 2.05) is 0 Å². The van der Waals surface area contributed by atoms with E-state index in [9.17, 15) is 0 Å². The Hall–Kier alpha value is -0.120. The van der Waals surface area contributed by atoms with Gasteiger partial charge in [0.1, 0.15) is 0 Å². The summed E-state index contributed by atoms with van der Waals surface area (Å²) in [6.45, 7) is 3.25. The first-order valence-corrected chi connectivity index (χ1v) is 8.50. The Morgan fingerprint density at radius 3 is 2.84 bits per heavy atom. The monoisotopic (exact) mass is 266 g/mol. The molecule has 3 heteroatoms. The van der Waals surface area contributed by atoms with E-state index in [2.05, 4.69) is 10.6 Å². The zero-order valence-electron chi connectivity index (χ0n) is 12.2. The quantitative estimate of drug-likeness (QED) is 0.750. The normalized spacial score (nSPS) is 39.2. The smallest absolute Gasteiger partial charge is 0.0588 e. The van der Waals surface area contributed by atoms with Crippen molar-refractivity contribution in [1.82, 2.24) is 10.6 Å². The van der Waals surface area contributed by atoms with Crippen LogP contribution in [0, 0.1) is 5.92 Å². The van der Waals surface area contributed by atoms with E-state index in [1.54, 1.807) is 0 Å². The molecular weight excluding hydrogens is 236 g/mol. The third-order valence-corrected chi connectivity index (χ3v) is 5.30. The molecule has 2 saturated heterocycles. The third kappa shape index (κ3) is 3.93. The highest BCUT2D eigenvalue weighted by Crippen LogP contribution is 2.31. The van der Waals surface area contributed by atoms with Crippen LogP contribution in [0.15, 0.2) is 0 Å². The van der Waals surface area contributed by atoms with Crippen molar-refractivity contribution in [2.75, 3.05) is 19.7 Å². The number of nitrogens with one attached hydrogen (secondary N) is 2. The maximum absolute atomic E-state index is 5.66. The van der Waals surface area contributed by atoms with Crippen molar-refractivity contribution in [2.45, 2.75) is 76.0 Å². The van der Waals surface area contributed by atoms with Crippen LogP contribution in [0.3, 0.4) is 0 Å². The molecule has 0 amide bonds. The maximum Gasteiger partial charge on any atom is 0.0588 e. The van der Waals surface area contributed by atoms with Gasteiger partial charge in [0.25, 0.3) is 0 Å². The fourth-order valence-electron chi connectivity index (χ4n) is 4.15. The molecule has 3 rings (SSSR count). The van der Waals surface area contributed by atoms with Gasteiger partial charge >= 0.3 is 0 Å². The van der Waals surface area contributed by atoms with E-state index in [4.69, 9.17) is 4.74 Å². The summed E-state index contributed by atoms with van der Waals surface area (Å²) in [5, 5.41) is 7.53. The molecule has 2 aliphatic heterocycles. The minimum Gasteiger partial charge on any atom is -0.378 e. The van der Waals surface area contributed by atoms with Crippen LogP contribution in [0.2, 0.25) is 0 Å². The Bertz CT molecular complexity index is 265. The van der Waals surface area contributed by atoms with Gasteiger partial charge in [0.05, 0.1) is 6.10 Å². The molecule has 3 aliphatic rings. The second-order valence-corrected chi connectivity index (χ2v) is 6.72. The average Bonchev–Trinajstić information content (AvgIpc) is 2.97. The predicted octanol–water partition coefficient (Wildman–Crippen LogP) is 2.46. The van der Waals surface area contributed by atoms with Crippen LogP contribution >= 0.6 is 0 Å². The molecule has 3 nitrogen and oxygen atoms in total. The van der Waals surface area contributed by atoms with Gasteiger partial charge in [0.2, 0.25) is 0 Å². The first kappa shape index (κ1) is 13.8. The molecule has 2 N–H and O–H groups in total. The van der Waals surface area contributed by atoms with Crippen LogP contribution < -0.4 is 10.6 Å².